The van der Waals surface area contributed by atoms with Gasteiger partial charge in [-0.3, -0.25) is 0 Å². The minimum absolute atomic E-state index is 0.109. The van der Waals surface area contributed by atoms with Gasteiger partial charge in [-0.25, -0.2) is 0 Å². The Kier molecular flexibility index (Phi) is 2.54. The maximum atomic E-state index is 9.61. The molecule has 0 bridgehead atoms. The molecule has 2 unspecified atom stereocenters. The van der Waals surface area contributed by atoms with Crippen molar-refractivity contribution in [1.29, 1.82) is 0 Å². The van der Waals surface area contributed by atoms with E-state index in [9.17, 15) is 5.11 Å². The molecule has 102 valence electrons. The molecule has 1 N–H and O–H groups in total. The van der Waals surface area contributed by atoms with Crippen LogP contribution in [-0.2, 0) is 14.2 Å². The predicted molar refractivity (Wildman–Crippen MR) is 64.1 cm³/mol. The maximum Gasteiger partial charge on any atom is 0.170 e. The molecule has 0 amide bonds. The molecule has 0 aromatic heterocycles. The van der Waals surface area contributed by atoms with Crippen LogP contribution in [0.5, 0.6) is 0 Å². The first-order chi connectivity index (χ1) is 8.69. The van der Waals surface area contributed by atoms with Gasteiger partial charge in [-0.2, -0.15) is 0 Å². The van der Waals surface area contributed by atoms with Crippen LogP contribution in [0.4, 0.5) is 0 Å². The summed E-state index contributed by atoms with van der Waals surface area (Å²) < 4.78 is 17.9. The van der Waals surface area contributed by atoms with Crippen LogP contribution in [0.1, 0.15) is 44.9 Å². The Labute approximate surface area is 108 Å². The van der Waals surface area contributed by atoms with Gasteiger partial charge in [0.1, 0.15) is 0 Å². The SMILES string of the molecule is OC1CCC2(CC1)COC1(CCC3OC3C1)OC2. The van der Waals surface area contributed by atoms with Crippen LogP contribution in [0.2, 0.25) is 0 Å². The fourth-order valence-electron chi connectivity index (χ4n) is 3.80. The van der Waals surface area contributed by atoms with E-state index in [0.29, 0.717) is 12.2 Å². The van der Waals surface area contributed by atoms with Crippen molar-refractivity contribution in [2.24, 2.45) is 5.41 Å². The van der Waals surface area contributed by atoms with Gasteiger partial charge in [-0.15, -0.1) is 0 Å². The number of ether oxygens (including phenoxy) is 3. The Hall–Kier alpha value is -0.160. The van der Waals surface area contributed by atoms with Gasteiger partial charge in [0.05, 0.1) is 31.5 Å². The van der Waals surface area contributed by atoms with E-state index in [-0.39, 0.29) is 17.3 Å². The lowest BCUT2D eigenvalue weighted by Gasteiger charge is -2.49. The summed E-state index contributed by atoms with van der Waals surface area (Å²) in [6.07, 6.45) is 7.60. The molecule has 18 heavy (non-hydrogen) atoms. The highest BCUT2D eigenvalue weighted by atomic mass is 16.7. The van der Waals surface area contributed by atoms with Crippen molar-refractivity contribution < 1.29 is 19.3 Å². The van der Waals surface area contributed by atoms with Gasteiger partial charge < -0.3 is 19.3 Å². The van der Waals surface area contributed by atoms with Crippen LogP contribution in [-0.4, -0.2) is 42.4 Å². The van der Waals surface area contributed by atoms with Crippen molar-refractivity contribution in [1.82, 2.24) is 0 Å². The van der Waals surface area contributed by atoms with Crippen molar-refractivity contribution in [3.63, 3.8) is 0 Å². The molecule has 2 saturated heterocycles. The second kappa shape index (κ2) is 3.92. The van der Waals surface area contributed by atoms with Crippen LogP contribution >= 0.6 is 0 Å². The van der Waals surface area contributed by atoms with Crippen molar-refractivity contribution in [3.05, 3.63) is 0 Å². The average molecular weight is 254 g/mol. The molecule has 0 aromatic rings. The van der Waals surface area contributed by atoms with E-state index in [1.54, 1.807) is 0 Å². The normalized spacial score (nSPS) is 55.5. The van der Waals surface area contributed by atoms with E-state index in [2.05, 4.69) is 0 Å². The number of aliphatic hydroxyl groups is 1. The van der Waals surface area contributed by atoms with E-state index in [1.807, 2.05) is 0 Å². The third-order valence-electron chi connectivity index (χ3n) is 5.31. The van der Waals surface area contributed by atoms with Crippen LogP contribution in [0.15, 0.2) is 0 Å². The summed E-state index contributed by atoms with van der Waals surface area (Å²) in [4.78, 5) is 0. The van der Waals surface area contributed by atoms with E-state index in [1.165, 1.54) is 0 Å². The van der Waals surface area contributed by atoms with Crippen molar-refractivity contribution >= 4 is 0 Å². The van der Waals surface area contributed by atoms with E-state index in [0.717, 1.165) is 58.2 Å². The van der Waals surface area contributed by atoms with Gasteiger partial charge >= 0.3 is 0 Å². The van der Waals surface area contributed by atoms with Gasteiger partial charge in [-0.05, 0) is 32.1 Å². The largest absolute Gasteiger partial charge is 0.393 e. The quantitative estimate of drug-likeness (QED) is 0.667. The predicted octanol–water partition coefficient (Wildman–Crippen LogP) is 1.60. The first-order valence-corrected chi connectivity index (χ1v) is 7.30. The molecule has 4 nitrogen and oxygen atoms in total. The Bertz CT molecular complexity index is 325. The molecule has 2 spiro atoms. The van der Waals surface area contributed by atoms with Gasteiger partial charge in [-0.1, -0.05) is 0 Å². The molecule has 0 aromatic carbocycles. The van der Waals surface area contributed by atoms with Gasteiger partial charge in [0.15, 0.2) is 5.79 Å². The maximum absolute atomic E-state index is 9.61. The highest BCUT2D eigenvalue weighted by molar-refractivity contribution is 4.99. The summed E-state index contributed by atoms with van der Waals surface area (Å²) >= 11 is 0. The third-order valence-corrected chi connectivity index (χ3v) is 5.31. The summed E-state index contributed by atoms with van der Waals surface area (Å²) in [5, 5.41) is 9.61. The second-order valence-corrected chi connectivity index (χ2v) is 6.67. The summed E-state index contributed by atoms with van der Waals surface area (Å²) in [7, 11) is 0. The molecule has 0 radical (unpaired) electrons. The smallest absolute Gasteiger partial charge is 0.170 e. The fraction of sp³-hybridized carbons (Fsp3) is 1.00. The number of hydrogen-bond donors (Lipinski definition) is 1. The lowest BCUT2D eigenvalue weighted by Crippen LogP contribution is -2.52. The van der Waals surface area contributed by atoms with Gasteiger partial charge in [0.25, 0.3) is 0 Å². The van der Waals surface area contributed by atoms with Crippen LogP contribution < -0.4 is 0 Å². The van der Waals surface area contributed by atoms with Crippen molar-refractivity contribution in [2.45, 2.75) is 69.0 Å². The van der Waals surface area contributed by atoms with E-state index >= 15 is 0 Å². The standard InChI is InChI=1S/C14H22O4/c15-10-1-4-13(5-2-10)8-16-14(17-9-13)6-3-11-12(7-14)18-11/h10-12,15H,1-9H2. The van der Waals surface area contributed by atoms with Crippen LogP contribution in [0.25, 0.3) is 0 Å². The molecule has 2 saturated carbocycles. The first-order valence-electron chi connectivity index (χ1n) is 7.30. The molecule has 2 aliphatic heterocycles. The van der Waals surface area contributed by atoms with E-state index < -0.39 is 0 Å². The highest BCUT2D eigenvalue weighted by Gasteiger charge is 2.55. The number of fused-ring (bicyclic) bond motifs is 1. The Balaban J connectivity index is 1.40. The Morgan fingerprint density at radius 2 is 1.61 bits per heavy atom. The van der Waals surface area contributed by atoms with Gasteiger partial charge in [0, 0.05) is 18.3 Å². The van der Waals surface area contributed by atoms with Gasteiger partial charge in [0.2, 0.25) is 0 Å². The van der Waals surface area contributed by atoms with Crippen molar-refractivity contribution in [3.8, 4) is 0 Å². The molecular weight excluding hydrogens is 232 g/mol. The van der Waals surface area contributed by atoms with E-state index in [4.69, 9.17) is 14.2 Å². The van der Waals surface area contributed by atoms with Crippen LogP contribution in [0.3, 0.4) is 0 Å². The van der Waals surface area contributed by atoms with Crippen molar-refractivity contribution in [2.75, 3.05) is 13.2 Å². The number of rotatable bonds is 0. The Morgan fingerprint density at radius 3 is 2.28 bits per heavy atom. The molecule has 2 atom stereocenters. The average Bonchev–Trinajstić information content (AvgIpc) is 3.15. The monoisotopic (exact) mass is 254 g/mol. The zero-order valence-electron chi connectivity index (χ0n) is 10.8. The molecule has 4 rings (SSSR count). The molecule has 2 aliphatic carbocycles. The minimum atomic E-state index is -0.348. The second-order valence-electron chi connectivity index (χ2n) is 6.67. The lowest BCUT2D eigenvalue weighted by atomic mass is 9.73. The number of epoxide rings is 1. The third kappa shape index (κ3) is 1.90. The summed E-state index contributed by atoms with van der Waals surface area (Å²) in [6.45, 7) is 1.61. The Morgan fingerprint density at radius 1 is 0.889 bits per heavy atom. The summed E-state index contributed by atoms with van der Waals surface area (Å²) in [6, 6.07) is 0. The van der Waals surface area contributed by atoms with Crippen LogP contribution in [0, 0.1) is 5.41 Å². The summed E-state index contributed by atoms with van der Waals surface area (Å²) in [5.74, 6) is -0.348. The number of aliphatic hydroxyl groups excluding tert-OH is 1. The zero-order valence-corrected chi connectivity index (χ0v) is 10.8. The number of hydrogen-bond acceptors (Lipinski definition) is 4. The minimum Gasteiger partial charge on any atom is -0.393 e. The topological polar surface area (TPSA) is 51.2 Å². The molecule has 4 fully saturated rings. The molecular formula is C14H22O4. The summed E-state index contributed by atoms with van der Waals surface area (Å²) in [5.41, 5.74) is 0.172. The molecule has 4 aliphatic rings. The first kappa shape index (κ1) is 11.6. The zero-order chi connectivity index (χ0) is 12.2. The molecule has 4 heteroatoms. The highest BCUT2D eigenvalue weighted by Crippen LogP contribution is 2.49. The lowest BCUT2D eigenvalue weighted by molar-refractivity contribution is -0.318. The molecule has 2 heterocycles. The fourth-order valence-corrected chi connectivity index (χ4v) is 3.80.